The smallest absolute Gasteiger partial charge is 0.368 e. The van der Waals surface area contributed by atoms with Gasteiger partial charge in [-0.2, -0.15) is 18.2 Å². The van der Waals surface area contributed by atoms with Gasteiger partial charge in [0.2, 0.25) is 11.8 Å². The van der Waals surface area contributed by atoms with Crippen molar-refractivity contribution >= 4 is 17.5 Å². The molecule has 0 aliphatic heterocycles. The van der Waals surface area contributed by atoms with Crippen LogP contribution in [-0.4, -0.2) is 27.1 Å². The number of nitrogens with two attached hydrogens (primary N) is 1. The largest absolute Gasteiger partial charge is 0.391 e. The summed E-state index contributed by atoms with van der Waals surface area (Å²) in [7, 11) is 0. The predicted octanol–water partition coefficient (Wildman–Crippen LogP) is 1.72. The van der Waals surface area contributed by atoms with Gasteiger partial charge in [0.1, 0.15) is 6.20 Å². The summed E-state index contributed by atoms with van der Waals surface area (Å²) < 4.78 is 36.3. The van der Waals surface area contributed by atoms with E-state index in [-0.39, 0.29) is 11.8 Å². The molecule has 1 heterocycles. The van der Waals surface area contributed by atoms with Crippen molar-refractivity contribution in [2.45, 2.75) is 25.6 Å². The van der Waals surface area contributed by atoms with E-state index in [1.165, 1.54) is 6.92 Å². The average molecular weight is 265 g/mol. The fraction of sp³-hybridized carbons (Fsp3) is 0.500. The number of rotatable bonds is 4. The number of aromatic nitrogens is 2. The van der Waals surface area contributed by atoms with Crippen LogP contribution in [0.5, 0.6) is 0 Å². The van der Waals surface area contributed by atoms with E-state index in [1.54, 1.807) is 0 Å². The fourth-order valence-corrected chi connectivity index (χ4v) is 1.26. The topological polar surface area (TPSA) is 107 Å². The van der Waals surface area contributed by atoms with Crippen LogP contribution in [0.4, 0.5) is 30.6 Å². The molecule has 3 N–H and O–H groups in total. The molecule has 0 radical (unpaired) electrons. The molecule has 10 heteroatoms. The molecule has 1 unspecified atom stereocenters. The van der Waals surface area contributed by atoms with E-state index in [0.29, 0.717) is 0 Å². The molecule has 0 saturated carbocycles. The van der Waals surface area contributed by atoms with Gasteiger partial charge < -0.3 is 11.1 Å². The van der Waals surface area contributed by atoms with Crippen LogP contribution in [0, 0.1) is 10.1 Å². The van der Waals surface area contributed by atoms with Crippen LogP contribution in [0.2, 0.25) is 0 Å². The Morgan fingerprint density at radius 1 is 1.61 bits per heavy atom. The Morgan fingerprint density at radius 2 is 2.22 bits per heavy atom. The van der Waals surface area contributed by atoms with Crippen LogP contribution in [-0.2, 0) is 0 Å². The zero-order chi connectivity index (χ0) is 13.9. The van der Waals surface area contributed by atoms with Crippen molar-refractivity contribution in [3.05, 3.63) is 16.3 Å². The highest BCUT2D eigenvalue weighted by Crippen LogP contribution is 2.26. The van der Waals surface area contributed by atoms with Gasteiger partial charge in [-0.1, -0.05) is 0 Å². The number of halogens is 3. The van der Waals surface area contributed by atoms with Gasteiger partial charge in [-0.05, 0) is 6.92 Å². The molecule has 0 aliphatic rings. The van der Waals surface area contributed by atoms with E-state index in [2.05, 4.69) is 15.3 Å². The first-order valence-corrected chi connectivity index (χ1v) is 4.79. The van der Waals surface area contributed by atoms with Crippen LogP contribution in [0.15, 0.2) is 6.20 Å². The normalized spacial score (nSPS) is 13.1. The quantitative estimate of drug-likeness (QED) is 0.634. The molecule has 1 aromatic heterocycles. The van der Waals surface area contributed by atoms with Gasteiger partial charge >= 0.3 is 11.9 Å². The summed E-state index contributed by atoms with van der Waals surface area (Å²) in [5.41, 5.74) is 4.69. The molecule has 0 fully saturated rings. The molecule has 0 amide bonds. The van der Waals surface area contributed by atoms with Gasteiger partial charge in [0.15, 0.2) is 0 Å². The molecule has 1 rings (SSSR count). The number of anilines is 2. The minimum Gasteiger partial charge on any atom is -0.368 e. The van der Waals surface area contributed by atoms with Crippen LogP contribution < -0.4 is 11.1 Å². The van der Waals surface area contributed by atoms with Gasteiger partial charge in [0.25, 0.3) is 0 Å². The van der Waals surface area contributed by atoms with Gasteiger partial charge in [-0.25, -0.2) is 4.98 Å². The maximum atomic E-state index is 12.1. The number of nitrogen functional groups attached to an aromatic ring is 1. The summed E-state index contributed by atoms with van der Waals surface area (Å²) in [5, 5.41) is 12.9. The van der Waals surface area contributed by atoms with Gasteiger partial charge in [0, 0.05) is 6.04 Å². The summed E-state index contributed by atoms with van der Waals surface area (Å²) in [6.07, 6.45) is -4.68. The van der Waals surface area contributed by atoms with E-state index >= 15 is 0 Å². The third-order valence-electron chi connectivity index (χ3n) is 1.91. The number of nitro groups is 1. The van der Waals surface area contributed by atoms with Crippen LogP contribution in [0.1, 0.15) is 13.3 Å². The number of nitrogens with one attached hydrogen (secondary N) is 1. The van der Waals surface area contributed by atoms with Crippen LogP contribution in [0.3, 0.4) is 0 Å². The first kappa shape index (κ1) is 13.9. The van der Waals surface area contributed by atoms with Gasteiger partial charge in [0.05, 0.1) is 11.3 Å². The minimum absolute atomic E-state index is 0.262. The van der Waals surface area contributed by atoms with Crippen molar-refractivity contribution in [3.63, 3.8) is 0 Å². The van der Waals surface area contributed by atoms with Gasteiger partial charge in [-0.3, -0.25) is 10.1 Å². The van der Waals surface area contributed by atoms with E-state index in [0.717, 1.165) is 6.20 Å². The van der Waals surface area contributed by atoms with E-state index in [1.807, 2.05) is 0 Å². The van der Waals surface area contributed by atoms with Crippen molar-refractivity contribution in [1.82, 2.24) is 9.97 Å². The predicted molar refractivity (Wildman–Crippen MR) is 56.9 cm³/mol. The Morgan fingerprint density at radius 3 is 2.72 bits per heavy atom. The van der Waals surface area contributed by atoms with Crippen LogP contribution in [0.25, 0.3) is 0 Å². The highest BCUT2D eigenvalue weighted by atomic mass is 19.4. The minimum atomic E-state index is -4.38. The second kappa shape index (κ2) is 5.02. The molecule has 0 bridgehead atoms. The van der Waals surface area contributed by atoms with Crippen LogP contribution >= 0.6 is 0 Å². The Balaban J connectivity index is 2.89. The maximum absolute atomic E-state index is 12.1. The lowest BCUT2D eigenvalue weighted by Gasteiger charge is -2.16. The lowest BCUT2D eigenvalue weighted by molar-refractivity contribution is -0.384. The lowest BCUT2D eigenvalue weighted by Crippen LogP contribution is -2.25. The fourth-order valence-electron chi connectivity index (χ4n) is 1.26. The molecule has 18 heavy (non-hydrogen) atoms. The van der Waals surface area contributed by atoms with Crippen molar-refractivity contribution < 1.29 is 18.1 Å². The van der Waals surface area contributed by atoms with Gasteiger partial charge in [-0.15, -0.1) is 0 Å². The first-order valence-electron chi connectivity index (χ1n) is 4.79. The summed E-state index contributed by atoms with van der Waals surface area (Å²) in [6.45, 7) is 1.23. The number of hydrogen-bond acceptors (Lipinski definition) is 6. The Hall–Kier alpha value is -2.13. The number of nitrogens with zero attached hydrogens (tertiary/aromatic N) is 3. The standard InChI is InChI=1S/C8H10F3N5O2/c1-4(2-8(9,10)11)14-6-5(16(17)18)3-13-7(12)15-6/h3-4H,2H2,1H3,(H3,12,13,14,15). The van der Waals surface area contributed by atoms with E-state index < -0.39 is 29.2 Å². The third-order valence-corrected chi connectivity index (χ3v) is 1.91. The average Bonchev–Trinajstić information content (AvgIpc) is 2.13. The molecule has 1 atom stereocenters. The molecule has 0 saturated heterocycles. The highest BCUT2D eigenvalue weighted by molar-refractivity contribution is 5.56. The summed E-state index contributed by atoms with van der Waals surface area (Å²) in [6, 6.07) is -1.07. The zero-order valence-corrected chi connectivity index (χ0v) is 9.23. The molecule has 0 aromatic carbocycles. The molecule has 0 spiro atoms. The molecule has 1 aromatic rings. The maximum Gasteiger partial charge on any atom is 0.391 e. The third kappa shape index (κ3) is 4.03. The van der Waals surface area contributed by atoms with Crippen molar-refractivity contribution in [2.24, 2.45) is 0 Å². The van der Waals surface area contributed by atoms with Crippen molar-refractivity contribution in [3.8, 4) is 0 Å². The Labute approximate surface area is 99.4 Å². The number of hydrogen-bond donors (Lipinski definition) is 2. The Kier molecular flexibility index (Phi) is 3.89. The zero-order valence-electron chi connectivity index (χ0n) is 9.23. The molecule has 100 valence electrons. The Bertz CT molecular complexity index is 451. The summed E-state index contributed by atoms with van der Waals surface area (Å²) in [4.78, 5) is 16.7. The van der Waals surface area contributed by atoms with Crippen molar-refractivity contribution in [1.29, 1.82) is 0 Å². The first-order chi connectivity index (χ1) is 8.19. The molecular weight excluding hydrogens is 255 g/mol. The summed E-state index contributed by atoms with van der Waals surface area (Å²) >= 11 is 0. The van der Waals surface area contributed by atoms with E-state index in [9.17, 15) is 23.3 Å². The number of alkyl halides is 3. The second-order valence-corrected chi connectivity index (χ2v) is 3.58. The molecule has 0 aliphatic carbocycles. The second-order valence-electron chi connectivity index (χ2n) is 3.58. The summed E-state index contributed by atoms with van der Waals surface area (Å²) in [5.74, 6) is -0.591. The van der Waals surface area contributed by atoms with E-state index in [4.69, 9.17) is 5.73 Å². The molecular formula is C8H10F3N5O2. The lowest BCUT2D eigenvalue weighted by atomic mass is 10.2. The highest BCUT2D eigenvalue weighted by Gasteiger charge is 2.31. The van der Waals surface area contributed by atoms with Crippen molar-refractivity contribution in [2.75, 3.05) is 11.1 Å². The SMILES string of the molecule is CC(CC(F)(F)F)Nc1nc(N)ncc1[N+](=O)[O-]. The monoisotopic (exact) mass is 265 g/mol. The molecule has 7 nitrogen and oxygen atoms in total.